The number of imidazole rings is 1. The van der Waals surface area contributed by atoms with Gasteiger partial charge in [-0.3, -0.25) is 4.79 Å². The molecule has 28 heavy (non-hydrogen) atoms. The van der Waals surface area contributed by atoms with Crippen LogP contribution in [0.2, 0.25) is 0 Å². The highest BCUT2D eigenvalue weighted by Crippen LogP contribution is 2.55. The number of aromatic nitrogens is 2. The first-order valence-electron chi connectivity index (χ1n) is 9.67. The van der Waals surface area contributed by atoms with Gasteiger partial charge in [0, 0.05) is 29.9 Å². The van der Waals surface area contributed by atoms with Crippen molar-refractivity contribution in [2.45, 2.75) is 31.3 Å². The first-order valence-corrected chi connectivity index (χ1v) is 9.67. The molecule has 0 spiro atoms. The van der Waals surface area contributed by atoms with Crippen molar-refractivity contribution in [3.05, 3.63) is 72.2 Å². The highest BCUT2D eigenvalue weighted by Gasteiger charge is 2.56. The molecule has 6 nitrogen and oxygen atoms in total. The Labute approximate surface area is 163 Å². The van der Waals surface area contributed by atoms with Gasteiger partial charge >= 0.3 is 0 Å². The first kappa shape index (κ1) is 17.0. The molecule has 1 N–H and O–H groups in total. The number of nitrogens with one attached hydrogen (secondary N) is 1. The van der Waals surface area contributed by atoms with E-state index >= 15 is 0 Å². The SMILES string of the molecule is CC1C(CNC(=O)c2cccn3ccnc23)=NOC1C1(c2ccccc2)CC1. The molecule has 2 aromatic heterocycles. The lowest BCUT2D eigenvalue weighted by molar-refractivity contribution is 0.0359. The first-order chi connectivity index (χ1) is 13.7. The number of hydrogen-bond acceptors (Lipinski definition) is 4. The number of nitrogens with zero attached hydrogens (tertiary/aromatic N) is 3. The summed E-state index contributed by atoms with van der Waals surface area (Å²) >= 11 is 0. The Balaban J connectivity index is 1.27. The van der Waals surface area contributed by atoms with E-state index in [2.05, 4.69) is 46.6 Å². The summed E-state index contributed by atoms with van der Waals surface area (Å²) in [5.41, 5.74) is 3.46. The molecule has 2 aliphatic rings. The number of amides is 1. The smallest absolute Gasteiger partial charge is 0.255 e. The zero-order valence-corrected chi connectivity index (χ0v) is 15.7. The Bertz CT molecular complexity index is 1050. The van der Waals surface area contributed by atoms with E-state index in [1.54, 1.807) is 12.3 Å². The number of benzene rings is 1. The molecule has 6 heteroatoms. The molecule has 5 rings (SSSR count). The van der Waals surface area contributed by atoms with Gasteiger partial charge in [-0.1, -0.05) is 42.4 Å². The van der Waals surface area contributed by atoms with Crippen molar-refractivity contribution in [3.8, 4) is 0 Å². The van der Waals surface area contributed by atoms with E-state index in [4.69, 9.17) is 4.84 Å². The standard InChI is InChI=1S/C22H22N4O2/c1-15-18(14-24-21(27)17-8-5-12-26-13-11-23-20(17)26)25-28-19(15)22(9-10-22)16-6-3-2-4-7-16/h2-8,11-13,15,19H,9-10,14H2,1H3,(H,24,27). The fraction of sp³-hybridized carbons (Fsp3) is 0.318. The van der Waals surface area contributed by atoms with Crippen molar-refractivity contribution in [3.63, 3.8) is 0 Å². The van der Waals surface area contributed by atoms with Gasteiger partial charge in [-0.2, -0.15) is 0 Å². The van der Waals surface area contributed by atoms with E-state index in [0.29, 0.717) is 17.8 Å². The lowest BCUT2D eigenvalue weighted by Crippen LogP contribution is -2.37. The molecule has 1 aliphatic carbocycles. The summed E-state index contributed by atoms with van der Waals surface area (Å²) in [5.74, 6) is 0.00423. The molecule has 1 amide bonds. The molecule has 2 atom stereocenters. The topological polar surface area (TPSA) is 68.0 Å². The minimum Gasteiger partial charge on any atom is -0.391 e. The molecule has 0 saturated heterocycles. The van der Waals surface area contributed by atoms with Gasteiger partial charge in [-0.05, 0) is 30.5 Å². The number of fused-ring (bicyclic) bond motifs is 1. The number of oxime groups is 1. The Morgan fingerprint density at radius 1 is 1.21 bits per heavy atom. The van der Waals surface area contributed by atoms with Crippen molar-refractivity contribution in [1.82, 2.24) is 14.7 Å². The van der Waals surface area contributed by atoms with Crippen molar-refractivity contribution in [2.24, 2.45) is 11.1 Å². The molecule has 0 bridgehead atoms. The van der Waals surface area contributed by atoms with Crippen LogP contribution >= 0.6 is 0 Å². The number of carbonyl (C=O) groups excluding carboxylic acids is 1. The maximum atomic E-state index is 12.7. The zero-order chi connectivity index (χ0) is 19.1. The molecule has 0 radical (unpaired) electrons. The lowest BCUT2D eigenvalue weighted by Gasteiger charge is -2.25. The third kappa shape index (κ3) is 2.68. The predicted molar refractivity (Wildman–Crippen MR) is 106 cm³/mol. The third-order valence-corrected chi connectivity index (χ3v) is 6.04. The van der Waals surface area contributed by atoms with Crippen LogP contribution in [0.1, 0.15) is 35.7 Å². The molecule has 142 valence electrons. The highest BCUT2D eigenvalue weighted by atomic mass is 16.6. The van der Waals surface area contributed by atoms with Crippen LogP contribution in [0.15, 0.2) is 66.2 Å². The molecular formula is C22H22N4O2. The van der Waals surface area contributed by atoms with E-state index < -0.39 is 0 Å². The number of hydrogen-bond donors (Lipinski definition) is 1. The highest BCUT2D eigenvalue weighted by molar-refractivity contribution is 6.02. The molecule has 3 heterocycles. The van der Waals surface area contributed by atoms with Crippen LogP contribution in [-0.4, -0.2) is 33.7 Å². The average Bonchev–Trinajstić information content (AvgIpc) is 3.23. The Morgan fingerprint density at radius 3 is 2.82 bits per heavy atom. The predicted octanol–water partition coefficient (Wildman–Crippen LogP) is 3.19. The van der Waals surface area contributed by atoms with Crippen molar-refractivity contribution >= 4 is 17.3 Å². The zero-order valence-electron chi connectivity index (χ0n) is 15.7. The second-order valence-electron chi connectivity index (χ2n) is 7.68. The molecule has 3 aromatic rings. The number of pyridine rings is 1. The second-order valence-corrected chi connectivity index (χ2v) is 7.68. The summed E-state index contributed by atoms with van der Waals surface area (Å²) in [6.07, 6.45) is 7.64. The second kappa shape index (κ2) is 6.48. The van der Waals surface area contributed by atoms with Gasteiger partial charge < -0.3 is 14.6 Å². The third-order valence-electron chi connectivity index (χ3n) is 6.04. The van der Waals surface area contributed by atoms with Gasteiger partial charge in [0.2, 0.25) is 0 Å². The van der Waals surface area contributed by atoms with Crippen LogP contribution < -0.4 is 5.32 Å². The van der Waals surface area contributed by atoms with E-state index in [1.165, 1.54) is 5.56 Å². The summed E-state index contributed by atoms with van der Waals surface area (Å²) in [5, 5.41) is 7.31. The Hall–Kier alpha value is -3.15. The van der Waals surface area contributed by atoms with Crippen molar-refractivity contribution in [1.29, 1.82) is 0 Å². The fourth-order valence-electron chi connectivity index (χ4n) is 4.28. The molecule has 2 unspecified atom stereocenters. The lowest BCUT2D eigenvalue weighted by atomic mass is 9.82. The minimum absolute atomic E-state index is 0.0255. The van der Waals surface area contributed by atoms with Crippen LogP contribution in [0, 0.1) is 5.92 Å². The van der Waals surface area contributed by atoms with Crippen LogP contribution in [0.4, 0.5) is 0 Å². The summed E-state index contributed by atoms with van der Waals surface area (Å²) in [4.78, 5) is 22.8. The molecule has 1 aromatic carbocycles. The molecule has 1 saturated carbocycles. The Kier molecular flexibility index (Phi) is 3.93. The van der Waals surface area contributed by atoms with E-state index in [0.717, 1.165) is 18.6 Å². The van der Waals surface area contributed by atoms with Crippen LogP contribution in [0.25, 0.3) is 5.65 Å². The van der Waals surface area contributed by atoms with Gasteiger partial charge in [0.15, 0.2) is 0 Å². The largest absolute Gasteiger partial charge is 0.391 e. The number of carbonyl (C=O) groups is 1. The summed E-state index contributed by atoms with van der Waals surface area (Å²) in [6, 6.07) is 14.2. The van der Waals surface area contributed by atoms with Crippen LogP contribution in [0.3, 0.4) is 0 Å². The van der Waals surface area contributed by atoms with Crippen molar-refractivity contribution in [2.75, 3.05) is 6.54 Å². The van der Waals surface area contributed by atoms with Gasteiger partial charge in [-0.15, -0.1) is 0 Å². The summed E-state index contributed by atoms with van der Waals surface area (Å²) in [7, 11) is 0. The fourth-order valence-corrected chi connectivity index (χ4v) is 4.28. The summed E-state index contributed by atoms with van der Waals surface area (Å²) < 4.78 is 1.83. The maximum Gasteiger partial charge on any atom is 0.255 e. The summed E-state index contributed by atoms with van der Waals surface area (Å²) in [6.45, 7) is 2.52. The normalized spacial score (nSPS) is 22.5. The molecule has 1 aliphatic heterocycles. The van der Waals surface area contributed by atoms with Gasteiger partial charge in [0.25, 0.3) is 5.91 Å². The van der Waals surface area contributed by atoms with Gasteiger partial charge in [-0.25, -0.2) is 4.98 Å². The van der Waals surface area contributed by atoms with E-state index in [9.17, 15) is 4.79 Å². The minimum atomic E-state index is -0.153. The van der Waals surface area contributed by atoms with Crippen LogP contribution in [-0.2, 0) is 10.3 Å². The molecular weight excluding hydrogens is 352 g/mol. The average molecular weight is 374 g/mol. The van der Waals surface area contributed by atoms with Gasteiger partial charge in [0.05, 0.1) is 17.8 Å². The van der Waals surface area contributed by atoms with Crippen molar-refractivity contribution < 1.29 is 9.63 Å². The Morgan fingerprint density at radius 2 is 2.04 bits per heavy atom. The van der Waals surface area contributed by atoms with Gasteiger partial charge in [0.1, 0.15) is 11.8 Å². The number of rotatable bonds is 5. The van der Waals surface area contributed by atoms with Crippen LogP contribution in [0.5, 0.6) is 0 Å². The van der Waals surface area contributed by atoms with E-state index in [-0.39, 0.29) is 23.3 Å². The maximum absolute atomic E-state index is 12.7. The monoisotopic (exact) mass is 374 g/mol. The van der Waals surface area contributed by atoms with E-state index in [1.807, 2.05) is 28.9 Å². The molecule has 1 fully saturated rings. The quantitative estimate of drug-likeness (QED) is 0.746.